The maximum Gasteiger partial charge on any atom is 0.231 e. The van der Waals surface area contributed by atoms with Crippen LogP contribution >= 0.6 is 0 Å². The molecule has 1 aromatic heterocycles. The molecule has 1 aliphatic rings. The predicted octanol–water partition coefficient (Wildman–Crippen LogP) is 2.18. The Morgan fingerprint density at radius 2 is 1.88 bits per heavy atom. The van der Waals surface area contributed by atoms with Crippen molar-refractivity contribution in [1.82, 2.24) is 4.98 Å². The first kappa shape index (κ1) is 9.77. The molecule has 0 aliphatic carbocycles. The van der Waals surface area contributed by atoms with E-state index in [0.29, 0.717) is 23.1 Å². The highest BCUT2D eigenvalue weighted by Crippen LogP contribution is 2.36. The number of ether oxygens (including phenoxy) is 3. The van der Waals surface area contributed by atoms with Crippen LogP contribution in [0.25, 0.3) is 0 Å². The number of nitrogen functional groups attached to an aromatic ring is 1. The van der Waals surface area contributed by atoms with Crippen LogP contribution in [0.5, 0.6) is 23.0 Å². The molecule has 0 amide bonds. The smallest absolute Gasteiger partial charge is 0.231 e. The van der Waals surface area contributed by atoms with Crippen LogP contribution in [0.1, 0.15) is 0 Å². The zero-order chi connectivity index (χ0) is 11.7. The topological polar surface area (TPSA) is 66.6 Å². The van der Waals surface area contributed by atoms with Crippen LogP contribution < -0.4 is 19.9 Å². The van der Waals surface area contributed by atoms with Crippen molar-refractivity contribution in [3.8, 4) is 23.0 Å². The van der Waals surface area contributed by atoms with Crippen molar-refractivity contribution in [3.63, 3.8) is 0 Å². The lowest BCUT2D eigenvalue weighted by atomic mass is 10.3. The van der Waals surface area contributed by atoms with Crippen molar-refractivity contribution in [3.05, 3.63) is 36.5 Å². The largest absolute Gasteiger partial charge is 0.456 e. The van der Waals surface area contributed by atoms with Gasteiger partial charge in [0.05, 0.1) is 6.20 Å². The molecule has 0 spiro atoms. The summed E-state index contributed by atoms with van der Waals surface area (Å²) in [6.45, 7) is 0.252. The lowest BCUT2D eigenvalue weighted by Gasteiger charge is -2.05. The Hall–Kier alpha value is -2.43. The molecular weight excluding hydrogens is 220 g/mol. The lowest BCUT2D eigenvalue weighted by molar-refractivity contribution is 0.174. The third kappa shape index (κ3) is 1.94. The molecule has 1 aliphatic heterocycles. The summed E-state index contributed by atoms with van der Waals surface area (Å²) in [5.41, 5.74) is 5.49. The highest BCUT2D eigenvalue weighted by atomic mass is 16.7. The third-order valence-corrected chi connectivity index (χ3v) is 2.34. The summed E-state index contributed by atoms with van der Waals surface area (Å²) < 4.78 is 16.1. The minimum Gasteiger partial charge on any atom is -0.456 e. The Morgan fingerprint density at radius 3 is 2.71 bits per heavy atom. The molecule has 0 atom stereocenters. The SMILES string of the molecule is Nc1ccc(Oc2ccc3c(c2)OCO3)cn1. The minimum atomic E-state index is 0.252. The lowest BCUT2D eigenvalue weighted by Crippen LogP contribution is -1.93. The molecule has 5 nitrogen and oxygen atoms in total. The molecule has 1 aromatic carbocycles. The number of rotatable bonds is 2. The van der Waals surface area contributed by atoms with Crippen LogP contribution in [0, 0.1) is 0 Å². The maximum atomic E-state index is 5.60. The molecule has 0 unspecified atom stereocenters. The standard InChI is InChI=1S/C12H10N2O3/c13-12-4-2-9(6-14-12)17-8-1-3-10-11(5-8)16-7-15-10/h1-6H,7H2,(H2,13,14). The summed E-state index contributed by atoms with van der Waals surface area (Å²) in [5.74, 6) is 3.17. The average Bonchev–Trinajstić information content (AvgIpc) is 2.79. The van der Waals surface area contributed by atoms with Gasteiger partial charge < -0.3 is 19.9 Å². The Kier molecular flexibility index (Phi) is 2.22. The van der Waals surface area contributed by atoms with E-state index in [-0.39, 0.29) is 6.79 Å². The third-order valence-electron chi connectivity index (χ3n) is 2.34. The summed E-state index contributed by atoms with van der Waals surface area (Å²) in [5, 5.41) is 0. The summed E-state index contributed by atoms with van der Waals surface area (Å²) >= 11 is 0. The second-order valence-electron chi connectivity index (χ2n) is 3.54. The molecule has 0 saturated carbocycles. The van der Waals surface area contributed by atoms with E-state index in [1.54, 1.807) is 24.4 Å². The van der Waals surface area contributed by atoms with Crippen LogP contribution in [0.3, 0.4) is 0 Å². The molecule has 0 radical (unpaired) electrons. The Bertz CT molecular complexity index is 540. The number of hydrogen-bond donors (Lipinski definition) is 1. The first-order valence-electron chi connectivity index (χ1n) is 5.10. The average molecular weight is 230 g/mol. The fourth-order valence-electron chi connectivity index (χ4n) is 1.53. The van der Waals surface area contributed by atoms with Gasteiger partial charge in [0.1, 0.15) is 17.3 Å². The molecular formula is C12H10N2O3. The second-order valence-corrected chi connectivity index (χ2v) is 3.54. The highest BCUT2D eigenvalue weighted by Gasteiger charge is 2.13. The second kappa shape index (κ2) is 3.86. The van der Waals surface area contributed by atoms with E-state index < -0.39 is 0 Å². The van der Waals surface area contributed by atoms with Crippen molar-refractivity contribution in [2.24, 2.45) is 0 Å². The molecule has 17 heavy (non-hydrogen) atoms. The number of nitrogens with zero attached hydrogens (tertiary/aromatic N) is 1. The van der Waals surface area contributed by atoms with Crippen molar-refractivity contribution in [2.75, 3.05) is 12.5 Å². The van der Waals surface area contributed by atoms with Gasteiger partial charge in [0.25, 0.3) is 0 Å². The van der Waals surface area contributed by atoms with Crippen LogP contribution in [0.4, 0.5) is 5.82 Å². The highest BCUT2D eigenvalue weighted by molar-refractivity contribution is 5.48. The molecule has 5 heteroatoms. The summed E-state index contributed by atoms with van der Waals surface area (Å²) in [6.07, 6.45) is 1.57. The van der Waals surface area contributed by atoms with Gasteiger partial charge in [0, 0.05) is 6.07 Å². The Labute approximate surface area is 97.7 Å². The van der Waals surface area contributed by atoms with E-state index in [2.05, 4.69) is 4.98 Å². The van der Waals surface area contributed by atoms with Gasteiger partial charge in [0.15, 0.2) is 11.5 Å². The number of anilines is 1. The van der Waals surface area contributed by atoms with Gasteiger partial charge in [-0.2, -0.15) is 0 Å². The van der Waals surface area contributed by atoms with Crippen LogP contribution in [0.2, 0.25) is 0 Å². The van der Waals surface area contributed by atoms with Crippen LogP contribution in [0.15, 0.2) is 36.5 Å². The van der Waals surface area contributed by atoms with Gasteiger partial charge in [-0.05, 0) is 24.3 Å². The van der Waals surface area contributed by atoms with E-state index in [9.17, 15) is 0 Å². The number of pyridine rings is 1. The molecule has 0 saturated heterocycles. The van der Waals surface area contributed by atoms with Crippen molar-refractivity contribution >= 4 is 5.82 Å². The van der Waals surface area contributed by atoms with Crippen LogP contribution in [-0.4, -0.2) is 11.8 Å². The van der Waals surface area contributed by atoms with Crippen molar-refractivity contribution < 1.29 is 14.2 Å². The molecule has 86 valence electrons. The van der Waals surface area contributed by atoms with Gasteiger partial charge in [-0.1, -0.05) is 0 Å². The molecule has 0 bridgehead atoms. The first-order chi connectivity index (χ1) is 8.31. The monoisotopic (exact) mass is 230 g/mol. The summed E-state index contributed by atoms with van der Waals surface area (Å²) in [7, 11) is 0. The first-order valence-corrected chi connectivity index (χ1v) is 5.10. The zero-order valence-electron chi connectivity index (χ0n) is 8.92. The molecule has 2 N–H and O–H groups in total. The summed E-state index contributed by atoms with van der Waals surface area (Å²) in [4.78, 5) is 3.94. The van der Waals surface area contributed by atoms with Gasteiger partial charge >= 0.3 is 0 Å². The molecule has 2 aromatic rings. The van der Waals surface area contributed by atoms with E-state index in [0.717, 1.165) is 5.75 Å². The Morgan fingerprint density at radius 1 is 1.06 bits per heavy atom. The molecule has 2 heterocycles. The van der Waals surface area contributed by atoms with Gasteiger partial charge in [0.2, 0.25) is 6.79 Å². The quantitative estimate of drug-likeness (QED) is 0.856. The predicted molar refractivity (Wildman–Crippen MR) is 61.3 cm³/mol. The maximum absolute atomic E-state index is 5.60. The fourth-order valence-corrected chi connectivity index (χ4v) is 1.53. The summed E-state index contributed by atoms with van der Waals surface area (Å²) in [6, 6.07) is 8.83. The van der Waals surface area contributed by atoms with E-state index >= 15 is 0 Å². The molecule has 3 rings (SSSR count). The minimum absolute atomic E-state index is 0.252. The number of aromatic nitrogens is 1. The Balaban J connectivity index is 1.83. The van der Waals surface area contributed by atoms with Crippen LogP contribution in [-0.2, 0) is 0 Å². The number of nitrogens with two attached hydrogens (primary N) is 1. The van der Waals surface area contributed by atoms with Crippen molar-refractivity contribution in [1.29, 1.82) is 0 Å². The zero-order valence-corrected chi connectivity index (χ0v) is 8.92. The van der Waals surface area contributed by atoms with Gasteiger partial charge in [-0.25, -0.2) is 4.98 Å². The van der Waals surface area contributed by atoms with Crippen molar-refractivity contribution in [2.45, 2.75) is 0 Å². The number of fused-ring (bicyclic) bond motifs is 1. The fraction of sp³-hybridized carbons (Fsp3) is 0.0833. The number of benzene rings is 1. The number of hydrogen-bond acceptors (Lipinski definition) is 5. The van der Waals surface area contributed by atoms with E-state index in [1.807, 2.05) is 12.1 Å². The normalized spacial score (nSPS) is 12.5. The van der Waals surface area contributed by atoms with E-state index in [4.69, 9.17) is 19.9 Å². The van der Waals surface area contributed by atoms with Gasteiger partial charge in [-0.15, -0.1) is 0 Å². The van der Waals surface area contributed by atoms with E-state index in [1.165, 1.54) is 0 Å². The van der Waals surface area contributed by atoms with Gasteiger partial charge in [-0.3, -0.25) is 0 Å². The molecule has 0 fully saturated rings.